The minimum atomic E-state index is -4.11. The fourth-order valence-electron chi connectivity index (χ4n) is 3.88. The average Bonchev–Trinajstić information content (AvgIpc) is 2.96. The van der Waals surface area contributed by atoms with Crippen molar-refractivity contribution >= 4 is 33.2 Å². The molecule has 0 spiro atoms. The molecule has 4 aromatic rings. The molecular formula is C30H29N3O5S. The van der Waals surface area contributed by atoms with Crippen LogP contribution in [0.5, 0.6) is 5.75 Å². The molecule has 0 aliphatic carbocycles. The van der Waals surface area contributed by atoms with Crippen molar-refractivity contribution in [2.75, 3.05) is 23.3 Å². The van der Waals surface area contributed by atoms with E-state index in [4.69, 9.17) is 4.74 Å². The molecule has 2 amide bonds. The number of nitrogens with one attached hydrogen (secondary N) is 2. The van der Waals surface area contributed by atoms with Gasteiger partial charge in [-0.05, 0) is 61.0 Å². The maximum atomic E-state index is 13.6. The van der Waals surface area contributed by atoms with Crippen LogP contribution >= 0.6 is 0 Å². The highest BCUT2D eigenvalue weighted by Crippen LogP contribution is 2.26. The van der Waals surface area contributed by atoms with Gasteiger partial charge < -0.3 is 15.4 Å². The van der Waals surface area contributed by atoms with Crippen LogP contribution in [0.2, 0.25) is 0 Å². The van der Waals surface area contributed by atoms with Crippen LogP contribution in [0.15, 0.2) is 108 Å². The average molecular weight is 544 g/mol. The SMILES string of the molecule is COc1ccc(S(=O)(=O)N(CC(=O)Nc2ccccc2C(=O)NCc2ccccc2)c2ccc(C)cc2)cc1. The minimum absolute atomic E-state index is 0.0114. The van der Waals surface area contributed by atoms with Crippen molar-refractivity contribution in [1.29, 1.82) is 0 Å². The first-order valence-electron chi connectivity index (χ1n) is 12.2. The third-order valence-corrected chi connectivity index (χ3v) is 7.79. The van der Waals surface area contributed by atoms with E-state index in [1.165, 1.54) is 19.2 Å². The Balaban J connectivity index is 1.56. The fourth-order valence-corrected chi connectivity index (χ4v) is 5.31. The van der Waals surface area contributed by atoms with Gasteiger partial charge in [-0.2, -0.15) is 0 Å². The summed E-state index contributed by atoms with van der Waals surface area (Å²) in [6.07, 6.45) is 0. The number of rotatable bonds is 10. The van der Waals surface area contributed by atoms with Gasteiger partial charge in [0.2, 0.25) is 5.91 Å². The first-order valence-corrected chi connectivity index (χ1v) is 13.7. The molecule has 2 N–H and O–H groups in total. The Morgan fingerprint density at radius 1 is 0.821 bits per heavy atom. The van der Waals surface area contributed by atoms with E-state index < -0.39 is 22.5 Å². The normalized spacial score (nSPS) is 10.9. The summed E-state index contributed by atoms with van der Waals surface area (Å²) in [7, 11) is -2.62. The maximum Gasteiger partial charge on any atom is 0.264 e. The lowest BCUT2D eigenvalue weighted by molar-refractivity contribution is -0.114. The zero-order valence-corrected chi connectivity index (χ0v) is 22.4. The number of para-hydroxylation sites is 1. The highest BCUT2D eigenvalue weighted by atomic mass is 32.2. The van der Waals surface area contributed by atoms with Crippen molar-refractivity contribution in [2.24, 2.45) is 0 Å². The van der Waals surface area contributed by atoms with E-state index in [0.717, 1.165) is 15.4 Å². The Bertz CT molecular complexity index is 1540. The van der Waals surface area contributed by atoms with Crippen LogP contribution in [0.25, 0.3) is 0 Å². The molecule has 0 aliphatic rings. The number of hydrogen-bond acceptors (Lipinski definition) is 5. The first kappa shape index (κ1) is 27.4. The minimum Gasteiger partial charge on any atom is -0.497 e. The summed E-state index contributed by atoms with van der Waals surface area (Å²) >= 11 is 0. The number of ether oxygens (including phenoxy) is 1. The molecule has 9 heteroatoms. The van der Waals surface area contributed by atoms with Crippen molar-refractivity contribution < 1.29 is 22.7 Å². The first-order chi connectivity index (χ1) is 18.8. The van der Waals surface area contributed by atoms with Crippen molar-refractivity contribution in [3.05, 3.63) is 120 Å². The topological polar surface area (TPSA) is 105 Å². The summed E-state index contributed by atoms with van der Waals surface area (Å²) in [5.41, 5.74) is 2.76. The Morgan fingerprint density at radius 3 is 2.13 bits per heavy atom. The predicted molar refractivity (Wildman–Crippen MR) is 151 cm³/mol. The monoisotopic (exact) mass is 543 g/mol. The summed E-state index contributed by atoms with van der Waals surface area (Å²) in [6, 6.07) is 28.8. The molecule has 0 fully saturated rings. The van der Waals surface area contributed by atoms with Gasteiger partial charge in [-0.3, -0.25) is 13.9 Å². The molecule has 0 aromatic heterocycles. The molecule has 4 rings (SSSR count). The van der Waals surface area contributed by atoms with E-state index >= 15 is 0 Å². The summed E-state index contributed by atoms with van der Waals surface area (Å²) in [4.78, 5) is 26.2. The van der Waals surface area contributed by atoms with Gasteiger partial charge in [0.25, 0.3) is 15.9 Å². The maximum absolute atomic E-state index is 13.6. The Hall–Kier alpha value is -4.63. The number of carbonyl (C=O) groups is 2. The van der Waals surface area contributed by atoms with Crippen LogP contribution in [-0.2, 0) is 21.4 Å². The molecule has 0 saturated carbocycles. The smallest absolute Gasteiger partial charge is 0.264 e. The van der Waals surface area contributed by atoms with E-state index in [2.05, 4.69) is 10.6 Å². The molecule has 0 atom stereocenters. The molecule has 0 heterocycles. The summed E-state index contributed by atoms with van der Waals surface area (Å²) in [5, 5.41) is 5.57. The lowest BCUT2D eigenvalue weighted by Gasteiger charge is -2.24. The molecule has 0 aliphatic heterocycles. The number of methoxy groups -OCH3 is 1. The Labute approximate surface area is 228 Å². The van der Waals surface area contributed by atoms with E-state index in [0.29, 0.717) is 18.0 Å². The number of nitrogens with zero attached hydrogens (tertiary/aromatic N) is 1. The number of sulfonamides is 1. The summed E-state index contributed by atoms with van der Waals surface area (Å²) in [6.45, 7) is 1.71. The summed E-state index contributed by atoms with van der Waals surface area (Å²) in [5.74, 6) is -0.456. The van der Waals surface area contributed by atoms with Crippen molar-refractivity contribution in [1.82, 2.24) is 5.32 Å². The van der Waals surface area contributed by atoms with Crippen LogP contribution in [0.1, 0.15) is 21.5 Å². The third kappa shape index (κ3) is 6.82. The number of hydrogen-bond donors (Lipinski definition) is 2. The highest BCUT2D eigenvalue weighted by Gasteiger charge is 2.28. The number of amides is 2. The van der Waals surface area contributed by atoms with Crippen LogP contribution in [-0.4, -0.2) is 33.9 Å². The molecule has 0 radical (unpaired) electrons. The molecule has 0 bridgehead atoms. The van der Waals surface area contributed by atoms with Crippen molar-refractivity contribution in [3.63, 3.8) is 0 Å². The molecule has 0 unspecified atom stereocenters. The molecule has 4 aromatic carbocycles. The van der Waals surface area contributed by atoms with E-state index in [1.54, 1.807) is 60.7 Å². The Morgan fingerprint density at radius 2 is 1.46 bits per heavy atom. The van der Waals surface area contributed by atoms with Gasteiger partial charge >= 0.3 is 0 Å². The lowest BCUT2D eigenvalue weighted by Crippen LogP contribution is -2.38. The van der Waals surface area contributed by atoms with Gasteiger partial charge in [-0.15, -0.1) is 0 Å². The van der Waals surface area contributed by atoms with Gasteiger partial charge in [0.15, 0.2) is 0 Å². The van der Waals surface area contributed by atoms with Gasteiger partial charge in [0.1, 0.15) is 12.3 Å². The largest absolute Gasteiger partial charge is 0.497 e. The van der Waals surface area contributed by atoms with Gasteiger partial charge in [-0.25, -0.2) is 8.42 Å². The molecule has 8 nitrogen and oxygen atoms in total. The zero-order valence-electron chi connectivity index (χ0n) is 21.6. The van der Waals surface area contributed by atoms with Crippen molar-refractivity contribution in [2.45, 2.75) is 18.4 Å². The molecule has 0 saturated heterocycles. The molecule has 200 valence electrons. The highest BCUT2D eigenvalue weighted by molar-refractivity contribution is 7.92. The number of anilines is 2. The number of benzene rings is 4. The van der Waals surface area contributed by atoms with Crippen LogP contribution in [0, 0.1) is 6.92 Å². The standard InChI is InChI=1S/C30H29N3O5S/c1-22-12-14-24(15-13-22)33(39(36,37)26-18-16-25(38-2)17-19-26)21-29(34)32-28-11-7-6-10-27(28)30(35)31-20-23-8-4-3-5-9-23/h3-19H,20-21H2,1-2H3,(H,31,35)(H,32,34). The zero-order chi connectivity index (χ0) is 27.8. The second-order valence-electron chi connectivity index (χ2n) is 8.78. The van der Waals surface area contributed by atoms with Gasteiger partial charge in [-0.1, -0.05) is 60.2 Å². The second-order valence-corrected chi connectivity index (χ2v) is 10.6. The van der Waals surface area contributed by atoms with E-state index in [-0.39, 0.29) is 22.1 Å². The van der Waals surface area contributed by atoms with E-state index in [1.807, 2.05) is 37.3 Å². The van der Waals surface area contributed by atoms with Crippen molar-refractivity contribution in [3.8, 4) is 5.75 Å². The molecule has 39 heavy (non-hydrogen) atoms. The number of carbonyl (C=O) groups excluding carboxylic acids is 2. The quantitative estimate of drug-likeness (QED) is 0.300. The second kappa shape index (κ2) is 12.3. The van der Waals surface area contributed by atoms with Crippen LogP contribution in [0.4, 0.5) is 11.4 Å². The van der Waals surface area contributed by atoms with Crippen LogP contribution < -0.4 is 19.7 Å². The predicted octanol–water partition coefficient (Wildman–Crippen LogP) is 4.77. The van der Waals surface area contributed by atoms with E-state index in [9.17, 15) is 18.0 Å². The van der Waals surface area contributed by atoms with Gasteiger partial charge in [0, 0.05) is 6.54 Å². The number of aryl methyl sites for hydroxylation is 1. The lowest BCUT2D eigenvalue weighted by atomic mass is 10.1. The summed E-state index contributed by atoms with van der Waals surface area (Å²) < 4.78 is 33.5. The van der Waals surface area contributed by atoms with Gasteiger partial charge in [0.05, 0.1) is 28.9 Å². The fraction of sp³-hybridized carbons (Fsp3) is 0.133. The third-order valence-electron chi connectivity index (χ3n) is 6.00. The van der Waals surface area contributed by atoms with Crippen LogP contribution in [0.3, 0.4) is 0 Å². The Kier molecular flexibility index (Phi) is 8.63. The molecular weight excluding hydrogens is 514 g/mol.